The molecule has 0 spiro atoms. The van der Waals surface area contributed by atoms with Crippen molar-refractivity contribution in [2.24, 2.45) is 5.92 Å². The molecule has 2 saturated carbocycles. The van der Waals surface area contributed by atoms with Gasteiger partial charge in [0.15, 0.2) is 0 Å². The Bertz CT molecular complexity index is 542. The summed E-state index contributed by atoms with van der Waals surface area (Å²) < 4.78 is 1.30. The molecule has 1 heterocycles. The highest BCUT2D eigenvalue weighted by Gasteiger charge is 2.41. The van der Waals surface area contributed by atoms with Gasteiger partial charge in [-0.15, -0.1) is 0 Å². The molecular weight excluding hydrogens is 262 g/mol. The maximum Gasteiger partial charge on any atom is 0.325 e. The second-order valence-corrected chi connectivity index (χ2v) is 6.80. The fourth-order valence-electron chi connectivity index (χ4n) is 2.64. The lowest BCUT2D eigenvalue weighted by atomic mass is 10.1. The molecule has 1 aromatic rings. The van der Waals surface area contributed by atoms with Crippen LogP contribution in [0.3, 0.4) is 0 Å². The van der Waals surface area contributed by atoms with E-state index in [-0.39, 0.29) is 17.3 Å². The van der Waals surface area contributed by atoms with Gasteiger partial charge in [0.05, 0.1) is 0 Å². The molecule has 104 valence electrons. The van der Waals surface area contributed by atoms with Crippen LogP contribution < -0.4 is 4.87 Å². The van der Waals surface area contributed by atoms with Gasteiger partial charge in [0.1, 0.15) is 11.6 Å². The van der Waals surface area contributed by atoms with Crippen molar-refractivity contribution >= 4 is 17.2 Å². The van der Waals surface area contributed by atoms with Crippen molar-refractivity contribution in [3.05, 3.63) is 14.7 Å². The average molecular weight is 281 g/mol. The standard InChI is InChI=1S/C13H19N3O2S/c1-8(10-3-4-10)16(11-5-6-11)12(17)7-15-13(18)19-9(2)14-15/h8,10-11H,3-7H2,1-2H3. The average Bonchev–Trinajstić information content (AvgIpc) is 3.22. The number of carbonyl (C=O) groups excluding carboxylic acids is 1. The predicted octanol–water partition coefficient (Wildman–Crippen LogP) is 1.40. The molecule has 2 fully saturated rings. The molecule has 5 nitrogen and oxygen atoms in total. The molecule has 1 amide bonds. The van der Waals surface area contributed by atoms with E-state index < -0.39 is 0 Å². The lowest BCUT2D eigenvalue weighted by Gasteiger charge is -2.29. The number of nitrogens with zero attached hydrogens (tertiary/aromatic N) is 3. The number of hydrogen-bond donors (Lipinski definition) is 0. The predicted molar refractivity (Wildman–Crippen MR) is 73.2 cm³/mol. The van der Waals surface area contributed by atoms with Crippen molar-refractivity contribution in [3.63, 3.8) is 0 Å². The molecule has 3 rings (SSSR count). The number of carbonyl (C=O) groups is 1. The SMILES string of the molecule is Cc1nn(CC(=O)N(C2CC2)C(C)C2CC2)c(=O)s1. The molecule has 1 atom stereocenters. The first-order valence-electron chi connectivity index (χ1n) is 6.92. The summed E-state index contributed by atoms with van der Waals surface area (Å²) in [7, 11) is 0. The zero-order chi connectivity index (χ0) is 13.6. The molecule has 0 bridgehead atoms. The van der Waals surface area contributed by atoms with Gasteiger partial charge in [-0.2, -0.15) is 5.10 Å². The Kier molecular flexibility index (Phi) is 3.20. The van der Waals surface area contributed by atoms with Gasteiger partial charge in [0.25, 0.3) is 0 Å². The van der Waals surface area contributed by atoms with Gasteiger partial charge in [0, 0.05) is 12.1 Å². The van der Waals surface area contributed by atoms with Crippen LogP contribution in [0.25, 0.3) is 0 Å². The van der Waals surface area contributed by atoms with Crippen LogP contribution in [-0.2, 0) is 11.3 Å². The number of rotatable bonds is 5. The summed E-state index contributed by atoms with van der Waals surface area (Å²) in [5, 5.41) is 4.82. The first-order valence-corrected chi connectivity index (χ1v) is 7.73. The first-order chi connectivity index (χ1) is 9.06. The van der Waals surface area contributed by atoms with Gasteiger partial charge < -0.3 is 4.90 Å². The molecular formula is C13H19N3O2S. The van der Waals surface area contributed by atoms with E-state index in [9.17, 15) is 9.59 Å². The fraction of sp³-hybridized carbons (Fsp3) is 0.769. The summed E-state index contributed by atoms with van der Waals surface area (Å²) in [6.07, 6.45) is 4.67. The van der Waals surface area contributed by atoms with Gasteiger partial charge >= 0.3 is 4.87 Å². The summed E-state index contributed by atoms with van der Waals surface area (Å²) in [4.78, 5) is 26.0. The molecule has 2 aliphatic rings. The Hall–Kier alpha value is -1.17. The summed E-state index contributed by atoms with van der Waals surface area (Å²) in [6, 6.07) is 0.717. The summed E-state index contributed by atoms with van der Waals surface area (Å²) in [5.74, 6) is 0.716. The molecule has 2 aliphatic carbocycles. The first kappa shape index (κ1) is 12.8. The normalized spacial score (nSPS) is 20.3. The topological polar surface area (TPSA) is 55.2 Å². The molecule has 0 N–H and O–H groups in total. The zero-order valence-electron chi connectivity index (χ0n) is 11.3. The monoisotopic (exact) mass is 281 g/mol. The minimum atomic E-state index is -0.138. The van der Waals surface area contributed by atoms with Crippen LogP contribution in [0.5, 0.6) is 0 Å². The Morgan fingerprint density at radius 2 is 2.16 bits per heavy atom. The van der Waals surface area contributed by atoms with Crippen LogP contribution in [0.2, 0.25) is 0 Å². The molecule has 0 aliphatic heterocycles. The van der Waals surface area contributed by atoms with Crippen molar-refractivity contribution in [2.75, 3.05) is 0 Å². The number of aromatic nitrogens is 2. The lowest BCUT2D eigenvalue weighted by Crippen LogP contribution is -2.44. The maximum atomic E-state index is 12.5. The fourth-order valence-corrected chi connectivity index (χ4v) is 3.24. The highest BCUT2D eigenvalue weighted by atomic mass is 32.1. The molecule has 1 aromatic heterocycles. The Morgan fingerprint density at radius 1 is 1.47 bits per heavy atom. The summed E-state index contributed by atoms with van der Waals surface area (Å²) in [6.45, 7) is 4.03. The second kappa shape index (κ2) is 4.74. The van der Waals surface area contributed by atoms with Gasteiger partial charge in [-0.3, -0.25) is 9.59 Å². The van der Waals surface area contributed by atoms with Gasteiger partial charge in [-0.05, 0) is 45.4 Å². The molecule has 6 heteroatoms. The van der Waals surface area contributed by atoms with E-state index in [1.54, 1.807) is 6.92 Å². The minimum Gasteiger partial charge on any atom is -0.335 e. The smallest absolute Gasteiger partial charge is 0.325 e. The van der Waals surface area contributed by atoms with E-state index in [2.05, 4.69) is 12.0 Å². The molecule has 0 saturated heterocycles. The van der Waals surface area contributed by atoms with Crippen molar-refractivity contribution in [2.45, 2.75) is 58.2 Å². The van der Waals surface area contributed by atoms with Crippen molar-refractivity contribution in [1.82, 2.24) is 14.7 Å². The van der Waals surface area contributed by atoms with Gasteiger partial charge in [-0.1, -0.05) is 11.3 Å². The van der Waals surface area contributed by atoms with Crippen molar-refractivity contribution in [1.29, 1.82) is 0 Å². The van der Waals surface area contributed by atoms with Crippen LogP contribution in [-0.4, -0.2) is 32.7 Å². The largest absolute Gasteiger partial charge is 0.335 e. The lowest BCUT2D eigenvalue weighted by molar-refractivity contribution is -0.135. The molecule has 1 unspecified atom stereocenters. The van der Waals surface area contributed by atoms with Crippen LogP contribution >= 0.6 is 11.3 Å². The molecule has 19 heavy (non-hydrogen) atoms. The van der Waals surface area contributed by atoms with Crippen LogP contribution in [0.15, 0.2) is 4.79 Å². The van der Waals surface area contributed by atoms with Crippen LogP contribution in [0.4, 0.5) is 0 Å². The van der Waals surface area contributed by atoms with Gasteiger partial charge in [-0.25, -0.2) is 4.68 Å². The molecule has 0 aromatic carbocycles. The zero-order valence-corrected chi connectivity index (χ0v) is 12.2. The quantitative estimate of drug-likeness (QED) is 0.820. The third-order valence-corrected chi connectivity index (χ3v) is 4.73. The van der Waals surface area contributed by atoms with Crippen molar-refractivity contribution < 1.29 is 4.79 Å². The Balaban J connectivity index is 1.73. The van der Waals surface area contributed by atoms with Crippen molar-refractivity contribution in [3.8, 4) is 0 Å². The van der Waals surface area contributed by atoms with E-state index in [0.717, 1.165) is 24.2 Å². The van der Waals surface area contributed by atoms with Gasteiger partial charge in [0.2, 0.25) is 5.91 Å². The van der Waals surface area contributed by atoms with E-state index >= 15 is 0 Å². The van der Waals surface area contributed by atoms with E-state index in [1.165, 1.54) is 17.5 Å². The number of hydrogen-bond acceptors (Lipinski definition) is 4. The number of aryl methyl sites for hydroxylation is 1. The highest BCUT2D eigenvalue weighted by molar-refractivity contribution is 7.08. The second-order valence-electron chi connectivity index (χ2n) is 5.65. The third kappa shape index (κ3) is 2.73. The third-order valence-electron chi connectivity index (χ3n) is 3.96. The van der Waals surface area contributed by atoms with E-state index in [4.69, 9.17) is 0 Å². The van der Waals surface area contributed by atoms with E-state index in [0.29, 0.717) is 23.0 Å². The highest BCUT2D eigenvalue weighted by Crippen LogP contribution is 2.39. The maximum absolute atomic E-state index is 12.5. The van der Waals surface area contributed by atoms with Crippen LogP contribution in [0.1, 0.15) is 37.6 Å². The minimum absolute atomic E-state index is 0.0503. The summed E-state index contributed by atoms with van der Waals surface area (Å²) in [5.41, 5.74) is 0. The molecule has 0 radical (unpaired) electrons. The van der Waals surface area contributed by atoms with Crippen LogP contribution in [0, 0.1) is 12.8 Å². The van der Waals surface area contributed by atoms with E-state index in [1.807, 2.05) is 4.90 Å². The number of amides is 1. The summed E-state index contributed by atoms with van der Waals surface area (Å²) >= 11 is 1.10. The Morgan fingerprint density at radius 3 is 2.63 bits per heavy atom. The Labute approximate surface area is 116 Å².